The van der Waals surface area contributed by atoms with Crippen LogP contribution in [0.25, 0.3) is 10.2 Å². The van der Waals surface area contributed by atoms with Crippen LogP contribution in [-0.2, 0) is 16.6 Å². The van der Waals surface area contributed by atoms with Crippen LogP contribution in [0.4, 0.5) is 5.13 Å². The fraction of sp³-hybridized carbons (Fsp3) is 0.269. The average Bonchev–Trinajstić information content (AvgIpc) is 3.32. The van der Waals surface area contributed by atoms with Gasteiger partial charge in [0.2, 0.25) is 10.0 Å². The lowest BCUT2D eigenvalue weighted by molar-refractivity contribution is 0.0984. The van der Waals surface area contributed by atoms with Gasteiger partial charge < -0.3 is 0 Å². The number of nitrogens with zero attached hydrogens (tertiary/aromatic N) is 4. The third-order valence-electron chi connectivity index (χ3n) is 6.25. The molecule has 1 saturated heterocycles. The van der Waals surface area contributed by atoms with Gasteiger partial charge in [0.25, 0.3) is 5.91 Å². The van der Waals surface area contributed by atoms with E-state index in [0.717, 1.165) is 35.2 Å². The van der Waals surface area contributed by atoms with Gasteiger partial charge in [-0.2, -0.15) is 4.31 Å². The number of hydrogen-bond donors (Lipinski definition) is 0. The lowest BCUT2D eigenvalue weighted by Gasteiger charge is -2.32. The molecule has 180 valence electrons. The fourth-order valence-electron chi connectivity index (χ4n) is 4.35. The average molecular weight is 507 g/mol. The number of aromatic nitrogens is 2. The van der Waals surface area contributed by atoms with E-state index in [4.69, 9.17) is 0 Å². The summed E-state index contributed by atoms with van der Waals surface area (Å²) < 4.78 is 28.9. The highest BCUT2D eigenvalue weighted by Crippen LogP contribution is 2.31. The highest BCUT2D eigenvalue weighted by Gasteiger charge is 2.31. The maximum Gasteiger partial charge on any atom is 0.260 e. The summed E-state index contributed by atoms with van der Waals surface area (Å²) >= 11 is 1.44. The van der Waals surface area contributed by atoms with Crippen molar-refractivity contribution in [1.29, 1.82) is 0 Å². The van der Waals surface area contributed by atoms with Crippen molar-refractivity contribution in [2.24, 2.45) is 0 Å². The molecule has 0 radical (unpaired) electrons. The van der Waals surface area contributed by atoms with Gasteiger partial charge in [0.15, 0.2) is 5.13 Å². The largest absolute Gasteiger partial charge is 0.278 e. The summed E-state index contributed by atoms with van der Waals surface area (Å²) in [5.74, 6) is -0.259. The summed E-state index contributed by atoms with van der Waals surface area (Å²) in [5.41, 5.74) is 1.95. The number of hydrogen-bond acceptors (Lipinski definition) is 6. The molecule has 0 spiro atoms. The van der Waals surface area contributed by atoms with Gasteiger partial charge >= 0.3 is 0 Å². The number of benzene rings is 2. The maximum absolute atomic E-state index is 13.6. The van der Waals surface area contributed by atoms with E-state index in [9.17, 15) is 13.2 Å². The van der Waals surface area contributed by atoms with Gasteiger partial charge in [-0.15, -0.1) is 0 Å². The molecular weight excluding hydrogens is 480 g/mol. The molecule has 1 aliphatic rings. The monoisotopic (exact) mass is 506 g/mol. The predicted molar refractivity (Wildman–Crippen MR) is 138 cm³/mol. The number of fused-ring (bicyclic) bond motifs is 1. The molecule has 2 aromatic heterocycles. The van der Waals surface area contributed by atoms with E-state index in [1.165, 1.54) is 23.5 Å². The summed E-state index contributed by atoms with van der Waals surface area (Å²) in [6.07, 6.45) is 4.46. The van der Waals surface area contributed by atoms with Crippen molar-refractivity contribution in [3.63, 3.8) is 0 Å². The van der Waals surface area contributed by atoms with Gasteiger partial charge in [-0.05, 0) is 68.3 Å². The van der Waals surface area contributed by atoms with Gasteiger partial charge in [-0.1, -0.05) is 36.0 Å². The second-order valence-electron chi connectivity index (χ2n) is 8.66. The topological polar surface area (TPSA) is 83.5 Å². The summed E-state index contributed by atoms with van der Waals surface area (Å²) in [5, 5.41) is 0.570. The molecule has 0 aliphatic carbocycles. The van der Waals surface area contributed by atoms with Crippen LogP contribution in [0.5, 0.6) is 0 Å². The van der Waals surface area contributed by atoms with E-state index < -0.39 is 10.0 Å². The number of pyridine rings is 1. The third-order valence-corrected chi connectivity index (χ3v) is 9.34. The van der Waals surface area contributed by atoms with Crippen LogP contribution in [0.2, 0.25) is 0 Å². The van der Waals surface area contributed by atoms with Crippen LogP contribution in [0.15, 0.2) is 77.8 Å². The molecule has 1 amide bonds. The van der Waals surface area contributed by atoms with Gasteiger partial charge in [0.05, 0.1) is 27.4 Å². The molecule has 35 heavy (non-hydrogen) atoms. The van der Waals surface area contributed by atoms with E-state index in [0.29, 0.717) is 17.2 Å². The molecule has 0 saturated carbocycles. The summed E-state index contributed by atoms with van der Waals surface area (Å²) in [7, 11) is -3.60. The van der Waals surface area contributed by atoms with Gasteiger partial charge in [-0.3, -0.25) is 14.7 Å². The molecule has 1 aliphatic heterocycles. The van der Waals surface area contributed by atoms with E-state index >= 15 is 0 Å². The number of carbonyl (C=O) groups is 1. The third kappa shape index (κ3) is 4.84. The molecule has 1 fully saturated rings. The number of para-hydroxylation sites is 1. The molecule has 5 rings (SSSR count). The second-order valence-corrected chi connectivity index (χ2v) is 11.6. The summed E-state index contributed by atoms with van der Waals surface area (Å²) in [6.45, 7) is 2.73. The van der Waals surface area contributed by atoms with Crippen LogP contribution < -0.4 is 4.90 Å². The van der Waals surface area contributed by atoms with Gasteiger partial charge in [-0.25, -0.2) is 13.4 Å². The number of rotatable bonds is 6. The minimum Gasteiger partial charge on any atom is -0.278 e. The molecule has 1 unspecified atom stereocenters. The zero-order valence-corrected chi connectivity index (χ0v) is 21.0. The Labute approximate surface area is 209 Å². The Balaban J connectivity index is 1.46. The lowest BCUT2D eigenvalue weighted by atomic mass is 10.1. The van der Waals surface area contributed by atoms with Crippen LogP contribution in [0.3, 0.4) is 0 Å². The molecule has 0 N–H and O–H groups in total. The highest BCUT2D eigenvalue weighted by molar-refractivity contribution is 7.89. The minimum absolute atomic E-state index is 0.0250. The van der Waals surface area contributed by atoms with Crippen molar-refractivity contribution < 1.29 is 13.2 Å². The minimum atomic E-state index is -3.60. The summed E-state index contributed by atoms with van der Waals surface area (Å²) in [6, 6.07) is 19.5. The van der Waals surface area contributed by atoms with Crippen molar-refractivity contribution in [2.75, 3.05) is 11.4 Å². The zero-order valence-electron chi connectivity index (χ0n) is 19.4. The van der Waals surface area contributed by atoms with Gasteiger partial charge in [0.1, 0.15) is 0 Å². The molecule has 3 heterocycles. The predicted octanol–water partition coefficient (Wildman–Crippen LogP) is 5.10. The Morgan fingerprint density at radius 2 is 1.83 bits per heavy atom. The second kappa shape index (κ2) is 9.85. The number of amides is 1. The molecular formula is C26H26N4O3S2. The highest BCUT2D eigenvalue weighted by atomic mass is 32.2. The van der Waals surface area contributed by atoms with Crippen molar-refractivity contribution in [2.45, 2.75) is 43.7 Å². The molecule has 0 bridgehead atoms. The van der Waals surface area contributed by atoms with Gasteiger partial charge in [0, 0.05) is 24.3 Å². The maximum atomic E-state index is 13.6. The molecule has 1 atom stereocenters. The SMILES string of the molecule is CC1CCCCN1S(=O)(=O)c1ccc(C(=O)N(Cc2ccccn2)c2nc3ccccc3s2)cc1. The fourth-order valence-corrected chi connectivity index (χ4v) is 7.01. The van der Waals surface area contributed by atoms with Crippen LogP contribution in [-0.4, -0.2) is 41.2 Å². The normalized spacial score (nSPS) is 16.9. The van der Waals surface area contributed by atoms with Crippen molar-refractivity contribution >= 4 is 42.6 Å². The Morgan fingerprint density at radius 1 is 1.06 bits per heavy atom. The molecule has 2 aromatic carbocycles. The first-order valence-electron chi connectivity index (χ1n) is 11.6. The van der Waals surface area contributed by atoms with E-state index in [1.54, 1.807) is 27.5 Å². The number of thiazole rings is 1. The quantitative estimate of drug-likeness (QED) is 0.363. The number of piperidine rings is 1. The molecule has 7 nitrogen and oxygen atoms in total. The molecule has 4 aromatic rings. The Morgan fingerprint density at radius 3 is 2.54 bits per heavy atom. The van der Waals surface area contributed by atoms with E-state index in [-0.39, 0.29) is 23.4 Å². The Hall–Kier alpha value is -3.14. The van der Waals surface area contributed by atoms with Crippen LogP contribution in [0.1, 0.15) is 42.2 Å². The lowest BCUT2D eigenvalue weighted by Crippen LogP contribution is -2.41. The summed E-state index contributed by atoms with van der Waals surface area (Å²) in [4.78, 5) is 24.5. The van der Waals surface area contributed by atoms with Crippen molar-refractivity contribution in [1.82, 2.24) is 14.3 Å². The van der Waals surface area contributed by atoms with Crippen LogP contribution >= 0.6 is 11.3 Å². The number of anilines is 1. The number of sulfonamides is 1. The van der Waals surface area contributed by atoms with E-state index in [1.807, 2.05) is 49.4 Å². The Kier molecular flexibility index (Phi) is 6.64. The van der Waals surface area contributed by atoms with E-state index in [2.05, 4.69) is 9.97 Å². The van der Waals surface area contributed by atoms with Crippen molar-refractivity contribution in [3.8, 4) is 0 Å². The van der Waals surface area contributed by atoms with Crippen LogP contribution in [0, 0.1) is 0 Å². The first-order chi connectivity index (χ1) is 16.9. The van der Waals surface area contributed by atoms with Crippen molar-refractivity contribution in [3.05, 3.63) is 84.2 Å². The Bertz CT molecular complexity index is 1400. The number of carbonyl (C=O) groups excluding carboxylic acids is 1. The standard InChI is InChI=1S/C26H26N4O3S2/c1-19-8-5-7-17-30(19)35(32,33)22-14-12-20(13-15-22)25(31)29(18-21-9-4-6-16-27-21)26-28-23-10-2-3-11-24(23)34-26/h2-4,6,9-16,19H,5,7-8,17-18H2,1H3. The smallest absolute Gasteiger partial charge is 0.260 e. The zero-order chi connectivity index (χ0) is 24.4. The first-order valence-corrected chi connectivity index (χ1v) is 13.9. The first kappa shape index (κ1) is 23.6. The molecule has 9 heteroatoms.